The maximum absolute atomic E-state index is 14.1. The molecule has 0 unspecified atom stereocenters. The van der Waals surface area contributed by atoms with Gasteiger partial charge in [0.05, 0.1) is 24.8 Å². The second kappa shape index (κ2) is 14.4. The molecule has 1 N–H and O–H groups in total. The molecule has 2 atom stereocenters. The van der Waals surface area contributed by atoms with Gasteiger partial charge < -0.3 is 19.7 Å². The van der Waals surface area contributed by atoms with Crippen LogP contribution in [0.3, 0.4) is 0 Å². The zero-order chi connectivity index (χ0) is 31.0. The van der Waals surface area contributed by atoms with Crippen molar-refractivity contribution in [1.29, 1.82) is 0 Å². The monoisotopic (exact) mass is 615 g/mol. The van der Waals surface area contributed by atoms with Gasteiger partial charge in [-0.05, 0) is 69.2 Å². The summed E-state index contributed by atoms with van der Waals surface area (Å²) in [6, 6.07) is 17.0. The molecule has 11 heteroatoms. The molecule has 0 saturated heterocycles. The van der Waals surface area contributed by atoms with Crippen molar-refractivity contribution >= 4 is 39.1 Å². The molecular formula is C31H38ClN3O6S. The third kappa shape index (κ3) is 7.95. The largest absolute Gasteiger partial charge is 0.493 e. The number of rotatable bonds is 13. The molecule has 0 spiro atoms. The molecular weight excluding hydrogens is 578 g/mol. The van der Waals surface area contributed by atoms with E-state index in [4.69, 9.17) is 21.1 Å². The number of benzene rings is 3. The molecule has 0 aromatic heterocycles. The van der Waals surface area contributed by atoms with E-state index in [0.717, 1.165) is 15.4 Å². The van der Waals surface area contributed by atoms with Crippen molar-refractivity contribution in [2.45, 2.75) is 57.6 Å². The van der Waals surface area contributed by atoms with Crippen LogP contribution in [0.4, 0.5) is 5.69 Å². The van der Waals surface area contributed by atoms with Crippen LogP contribution in [0.25, 0.3) is 0 Å². The van der Waals surface area contributed by atoms with Crippen molar-refractivity contribution < 1.29 is 27.5 Å². The Morgan fingerprint density at radius 3 is 2.12 bits per heavy atom. The van der Waals surface area contributed by atoms with Crippen molar-refractivity contribution in [2.24, 2.45) is 0 Å². The molecule has 42 heavy (non-hydrogen) atoms. The average Bonchev–Trinajstić information content (AvgIpc) is 2.98. The standard InChI is InChI=1S/C31H38ClN3O6S/c1-7-22(3)33-31(37)23(4)34(19-24-10-12-25(32)13-11-24)30(36)20-35(26-14-8-21(2)9-15-26)42(38,39)27-16-17-28(40-5)29(18-27)41-6/h8-18,22-23H,7,19-20H2,1-6H3,(H,33,37)/t22-,23+/m0/s1. The Morgan fingerprint density at radius 1 is 0.929 bits per heavy atom. The van der Waals surface area contributed by atoms with Crippen LogP contribution in [0, 0.1) is 6.92 Å². The summed E-state index contributed by atoms with van der Waals surface area (Å²) in [5.74, 6) is -0.296. The Labute approximate surface area is 253 Å². The highest BCUT2D eigenvalue weighted by molar-refractivity contribution is 7.92. The number of sulfonamides is 1. The van der Waals surface area contributed by atoms with Crippen molar-refractivity contribution in [3.05, 3.63) is 82.9 Å². The Balaban J connectivity index is 2.06. The van der Waals surface area contributed by atoms with Gasteiger partial charge in [0, 0.05) is 23.7 Å². The predicted octanol–water partition coefficient (Wildman–Crippen LogP) is 5.19. The van der Waals surface area contributed by atoms with Gasteiger partial charge in [-0.3, -0.25) is 13.9 Å². The van der Waals surface area contributed by atoms with Gasteiger partial charge >= 0.3 is 0 Å². The molecule has 0 bridgehead atoms. The van der Waals surface area contributed by atoms with Crippen LogP contribution in [0.5, 0.6) is 11.5 Å². The number of hydrogen-bond donors (Lipinski definition) is 1. The van der Waals surface area contributed by atoms with E-state index < -0.39 is 28.5 Å². The Morgan fingerprint density at radius 2 is 1.55 bits per heavy atom. The highest BCUT2D eigenvalue weighted by atomic mass is 35.5. The lowest BCUT2D eigenvalue weighted by Crippen LogP contribution is -2.52. The number of anilines is 1. The minimum absolute atomic E-state index is 0.0727. The molecule has 3 rings (SSSR count). The van der Waals surface area contributed by atoms with Gasteiger partial charge in [0.1, 0.15) is 12.6 Å². The van der Waals surface area contributed by atoms with Gasteiger partial charge in [0.15, 0.2) is 11.5 Å². The molecule has 0 aliphatic rings. The fourth-order valence-electron chi connectivity index (χ4n) is 4.18. The molecule has 0 aliphatic carbocycles. The summed E-state index contributed by atoms with van der Waals surface area (Å²) in [5.41, 5.74) is 1.96. The Hall–Kier alpha value is -3.76. The summed E-state index contributed by atoms with van der Waals surface area (Å²) in [5, 5.41) is 3.45. The normalized spacial score (nSPS) is 12.6. The van der Waals surface area contributed by atoms with E-state index in [2.05, 4.69) is 5.32 Å². The highest BCUT2D eigenvalue weighted by Gasteiger charge is 2.33. The van der Waals surface area contributed by atoms with Crippen molar-refractivity contribution in [1.82, 2.24) is 10.2 Å². The van der Waals surface area contributed by atoms with E-state index in [1.54, 1.807) is 55.5 Å². The van der Waals surface area contributed by atoms with Crippen LogP contribution in [0.2, 0.25) is 5.02 Å². The zero-order valence-electron chi connectivity index (χ0n) is 24.8. The fourth-order valence-corrected chi connectivity index (χ4v) is 5.73. The molecule has 2 amide bonds. The Kier molecular flexibility index (Phi) is 11.2. The first kappa shape index (κ1) is 32.8. The number of hydrogen-bond acceptors (Lipinski definition) is 6. The number of halogens is 1. The van der Waals surface area contributed by atoms with Crippen LogP contribution >= 0.6 is 11.6 Å². The second-order valence-electron chi connectivity index (χ2n) is 10.0. The van der Waals surface area contributed by atoms with Crippen molar-refractivity contribution in [2.75, 3.05) is 25.1 Å². The summed E-state index contributed by atoms with van der Waals surface area (Å²) in [6.45, 7) is 6.87. The number of nitrogens with zero attached hydrogens (tertiary/aromatic N) is 2. The van der Waals surface area contributed by atoms with Gasteiger partial charge in [0.25, 0.3) is 10.0 Å². The van der Waals surface area contributed by atoms with Crippen molar-refractivity contribution in [3.8, 4) is 11.5 Å². The number of aryl methyl sites for hydroxylation is 1. The summed E-state index contributed by atoms with van der Waals surface area (Å²) in [4.78, 5) is 28.5. The van der Waals surface area contributed by atoms with E-state index in [-0.39, 0.29) is 29.1 Å². The minimum Gasteiger partial charge on any atom is -0.493 e. The third-order valence-corrected chi connectivity index (χ3v) is 9.00. The summed E-state index contributed by atoms with van der Waals surface area (Å²) < 4.78 is 39.8. The molecule has 0 aliphatic heterocycles. The maximum atomic E-state index is 14.1. The van der Waals surface area contributed by atoms with Crippen LogP contribution in [0.15, 0.2) is 71.6 Å². The van der Waals surface area contributed by atoms with Crippen LogP contribution in [-0.2, 0) is 26.2 Å². The lowest BCUT2D eigenvalue weighted by Gasteiger charge is -2.32. The first-order chi connectivity index (χ1) is 19.9. The molecule has 0 heterocycles. The number of ether oxygens (including phenoxy) is 2. The molecule has 226 valence electrons. The number of carbonyl (C=O) groups is 2. The SMILES string of the molecule is CC[C@H](C)NC(=O)[C@@H](C)N(Cc1ccc(Cl)cc1)C(=O)CN(c1ccc(C)cc1)S(=O)(=O)c1ccc(OC)c(OC)c1. The average molecular weight is 616 g/mol. The number of carbonyl (C=O) groups excluding carboxylic acids is 2. The predicted molar refractivity (Wildman–Crippen MR) is 165 cm³/mol. The highest BCUT2D eigenvalue weighted by Crippen LogP contribution is 2.32. The quantitative estimate of drug-likeness (QED) is 0.284. The topological polar surface area (TPSA) is 105 Å². The van der Waals surface area contributed by atoms with Crippen LogP contribution in [-0.4, -0.2) is 58.0 Å². The molecule has 3 aromatic rings. The van der Waals surface area contributed by atoms with Gasteiger partial charge in [-0.25, -0.2) is 8.42 Å². The molecule has 0 saturated carbocycles. The first-order valence-electron chi connectivity index (χ1n) is 13.6. The van der Waals surface area contributed by atoms with Gasteiger partial charge in [-0.15, -0.1) is 0 Å². The van der Waals surface area contributed by atoms with E-state index in [0.29, 0.717) is 22.9 Å². The van der Waals surface area contributed by atoms with Gasteiger partial charge in [-0.1, -0.05) is 48.4 Å². The smallest absolute Gasteiger partial charge is 0.264 e. The van der Waals surface area contributed by atoms with Crippen LogP contribution in [0.1, 0.15) is 38.3 Å². The van der Waals surface area contributed by atoms with Crippen molar-refractivity contribution in [3.63, 3.8) is 0 Å². The molecule has 0 radical (unpaired) electrons. The van der Waals surface area contributed by atoms with E-state index in [9.17, 15) is 18.0 Å². The second-order valence-corrected chi connectivity index (χ2v) is 12.3. The van der Waals surface area contributed by atoms with E-state index in [1.807, 2.05) is 20.8 Å². The van der Waals surface area contributed by atoms with Gasteiger partial charge in [0.2, 0.25) is 11.8 Å². The number of amides is 2. The molecule has 3 aromatic carbocycles. The maximum Gasteiger partial charge on any atom is 0.264 e. The lowest BCUT2D eigenvalue weighted by atomic mass is 10.1. The fraction of sp³-hybridized carbons (Fsp3) is 0.355. The Bertz CT molecular complexity index is 1480. The molecule has 9 nitrogen and oxygen atoms in total. The summed E-state index contributed by atoms with van der Waals surface area (Å²) in [7, 11) is -1.40. The van der Waals surface area contributed by atoms with E-state index >= 15 is 0 Å². The first-order valence-corrected chi connectivity index (χ1v) is 15.4. The zero-order valence-corrected chi connectivity index (χ0v) is 26.3. The minimum atomic E-state index is -4.27. The van der Waals surface area contributed by atoms with Crippen LogP contribution < -0.4 is 19.1 Å². The third-order valence-electron chi connectivity index (χ3n) is 6.98. The summed E-state index contributed by atoms with van der Waals surface area (Å²) >= 11 is 6.06. The number of methoxy groups -OCH3 is 2. The van der Waals surface area contributed by atoms with Gasteiger partial charge in [-0.2, -0.15) is 0 Å². The number of nitrogens with one attached hydrogen (secondary N) is 1. The molecule has 0 fully saturated rings. The lowest BCUT2D eigenvalue weighted by molar-refractivity contribution is -0.139. The van der Waals surface area contributed by atoms with E-state index in [1.165, 1.54) is 37.3 Å². The summed E-state index contributed by atoms with van der Waals surface area (Å²) in [6.07, 6.45) is 0.717.